The number of hydrogen-bond donors (Lipinski definition) is 2. The Morgan fingerprint density at radius 3 is 2.38 bits per heavy atom. The van der Waals surface area contributed by atoms with Crippen molar-refractivity contribution in [1.29, 1.82) is 0 Å². The van der Waals surface area contributed by atoms with Gasteiger partial charge in [-0.2, -0.15) is 0 Å². The lowest BCUT2D eigenvalue weighted by atomic mass is 10.0. The molecule has 2 unspecified atom stereocenters. The van der Waals surface area contributed by atoms with Crippen LogP contribution in [0.2, 0.25) is 15.1 Å². The highest BCUT2D eigenvalue weighted by atomic mass is 35.5. The van der Waals surface area contributed by atoms with Crippen molar-refractivity contribution in [3.05, 3.63) is 104 Å². The van der Waals surface area contributed by atoms with Gasteiger partial charge in [-0.3, -0.25) is 4.79 Å². The molecule has 10 heteroatoms. The van der Waals surface area contributed by atoms with Crippen LogP contribution in [0.15, 0.2) is 65.2 Å². The van der Waals surface area contributed by atoms with Gasteiger partial charge in [0.1, 0.15) is 30.1 Å². The molecule has 2 aliphatic rings. The summed E-state index contributed by atoms with van der Waals surface area (Å²) in [6.45, 7) is 0.252. The Labute approximate surface area is 258 Å². The summed E-state index contributed by atoms with van der Waals surface area (Å²) in [5, 5.41) is 15.5. The number of ether oxygens (including phenoxy) is 1. The molecule has 7 nitrogen and oxygen atoms in total. The van der Waals surface area contributed by atoms with Gasteiger partial charge in [0, 0.05) is 29.2 Å². The molecule has 2 atom stereocenters. The number of hydrogen-bond acceptors (Lipinski definition) is 6. The zero-order valence-electron chi connectivity index (χ0n) is 22.8. The van der Waals surface area contributed by atoms with Crippen molar-refractivity contribution in [1.82, 2.24) is 10.5 Å². The summed E-state index contributed by atoms with van der Waals surface area (Å²) in [7, 11) is 1.00. The molecule has 3 aromatic carbocycles. The molecule has 0 saturated heterocycles. The standard InChI is InChI=1S/C31H25Cl3N2O4.CH4O/c32-25-2-1-3-26(33)28(25)29-24(30(40-36-29)18-6-7-18)16-39-20-10-11-21(27(34)14-20)23-15-22(23)17-4-8-19(9-5-17)31(38)35-12-13-37;1-2/h1-5,8-11,13-14,18,22-23H,6-7,12,15-16H2,(H,35,38);2H,1H3. The minimum absolute atomic E-state index is 0.00102. The lowest BCUT2D eigenvalue weighted by Gasteiger charge is -2.11. The summed E-state index contributed by atoms with van der Waals surface area (Å²) >= 11 is 19.7. The molecular weight excluding hydrogens is 599 g/mol. The largest absolute Gasteiger partial charge is 0.489 e. The molecule has 4 aromatic rings. The molecular formula is C32H29Cl3N2O5. The normalized spacial score (nSPS) is 17.2. The van der Waals surface area contributed by atoms with Crippen LogP contribution in [0.4, 0.5) is 0 Å². The smallest absolute Gasteiger partial charge is 0.251 e. The van der Waals surface area contributed by atoms with Gasteiger partial charge >= 0.3 is 0 Å². The van der Waals surface area contributed by atoms with Crippen LogP contribution < -0.4 is 10.1 Å². The number of nitrogens with one attached hydrogen (secondary N) is 1. The van der Waals surface area contributed by atoms with Crippen molar-refractivity contribution in [2.24, 2.45) is 0 Å². The minimum atomic E-state index is -0.262. The number of nitrogens with zero attached hydrogens (tertiary/aromatic N) is 1. The van der Waals surface area contributed by atoms with E-state index in [9.17, 15) is 9.59 Å². The molecule has 0 radical (unpaired) electrons. The number of rotatable bonds is 10. The Bertz CT molecular complexity index is 1560. The maximum absolute atomic E-state index is 12.0. The summed E-state index contributed by atoms with van der Waals surface area (Å²) in [5.74, 6) is 2.17. The lowest BCUT2D eigenvalue weighted by Crippen LogP contribution is -2.24. The van der Waals surface area contributed by atoms with E-state index in [2.05, 4.69) is 10.5 Å². The summed E-state index contributed by atoms with van der Waals surface area (Å²) in [6, 6.07) is 18.7. The first-order valence-electron chi connectivity index (χ1n) is 13.6. The van der Waals surface area contributed by atoms with E-state index in [-0.39, 0.29) is 19.1 Å². The molecule has 1 amide bonds. The fraction of sp³-hybridized carbons (Fsp3) is 0.281. The highest BCUT2D eigenvalue weighted by molar-refractivity contribution is 6.39. The molecule has 0 bridgehead atoms. The number of carbonyl (C=O) groups excluding carboxylic acids is 2. The van der Waals surface area contributed by atoms with Crippen molar-refractivity contribution in [2.45, 2.75) is 43.6 Å². The van der Waals surface area contributed by atoms with E-state index < -0.39 is 0 Å². The molecule has 0 spiro atoms. The Morgan fingerprint density at radius 1 is 1.02 bits per heavy atom. The van der Waals surface area contributed by atoms with Gasteiger partial charge in [-0.05, 0) is 78.6 Å². The number of amides is 1. The first-order chi connectivity index (χ1) is 20.4. The van der Waals surface area contributed by atoms with E-state index in [0.717, 1.165) is 48.8 Å². The molecule has 6 rings (SSSR count). The highest BCUT2D eigenvalue weighted by Crippen LogP contribution is 2.56. The first-order valence-corrected chi connectivity index (χ1v) is 14.7. The average molecular weight is 628 g/mol. The van der Waals surface area contributed by atoms with Crippen molar-refractivity contribution in [2.75, 3.05) is 13.7 Å². The first kappa shape index (κ1) is 30.1. The van der Waals surface area contributed by atoms with E-state index in [0.29, 0.717) is 61.7 Å². The number of aliphatic hydroxyl groups excluding tert-OH is 1. The Balaban J connectivity index is 0.00000173. The zero-order valence-corrected chi connectivity index (χ0v) is 25.0. The van der Waals surface area contributed by atoms with Gasteiger partial charge in [0.25, 0.3) is 5.91 Å². The number of halogens is 3. The van der Waals surface area contributed by atoms with E-state index >= 15 is 0 Å². The average Bonchev–Trinajstić information content (AvgIpc) is 3.94. The maximum Gasteiger partial charge on any atom is 0.251 e. The van der Waals surface area contributed by atoms with E-state index in [4.69, 9.17) is 49.2 Å². The quantitative estimate of drug-likeness (QED) is 0.176. The van der Waals surface area contributed by atoms with Crippen molar-refractivity contribution in [3.63, 3.8) is 0 Å². The third-order valence-corrected chi connectivity index (χ3v) is 8.42. The van der Waals surface area contributed by atoms with Gasteiger partial charge in [0.15, 0.2) is 0 Å². The van der Waals surface area contributed by atoms with Gasteiger partial charge in [0.05, 0.1) is 22.2 Å². The van der Waals surface area contributed by atoms with Gasteiger partial charge < -0.3 is 24.5 Å². The molecule has 2 fully saturated rings. The Morgan fingerprint density at radius 2 is 1.74 bits per heavy atom. The molecule has 1 aromatic heterocycles. The van der Waals surface area contributed by atoms with Crippen molar-refractivity contribution >= 4 is 47.0 Å². The van der Waals surface area contributed by atoms with E-state index in [1.807, 2.05) is 30.3 Å². The molecule has 2 saturated carbocycles. The fourth-order valence-corrected chi connectivity index (χ4v) is 6.01. The molecule has 1 heterocycles. The number of carbonyl (C=O) groups is 2. The number of aromatic nitrogens is 1. The molecule has 42 heavy (non-hydrogen) atoms. The van der Waals surface area contributed by atoms with Crippen LogP contribution in [0.25, 0.3) is 11.3 Å². The predicted molar refractivity (Wildman–Crippen MR) is 163 cm³/mol. The summed E-state index contributed by atoms with van der Waals surface area (Å²) < 4.78 is 11.9. The van der Waals surface area contributed by atoms with Crippen LogP contribution in [-0.4, -0.2) is 36.1 Å². The molecule has 218 valence electrons. The van der Waals surface area contributed by atoms with Crippen LogP contribution in [0, 0.1) is 0 Å². The van der Waals surface area contributed by atoms with Crippen LogP contribution in [-0.2, 0) is 11.4 Å². The fourth-order valence-electron chi connectivity index (χ4n) is 5.13. The second-order valence-corrected chi connectivity index (χ2v) is 11.4. The van der Waals surface area contributed by atoms with Crippen LogP contribution in [0.1, 0.15) is 69.8 Å². The second kappa shape index (κ2) is 13.3. The predicted octanol–water partition coefficient (Wildman–Crippen LogP) is 7.57. The maximum atomic E-state index is 12.0. The Hall–Kier alpha value is -3.36. The minimum Gasteiger partial charge on any atom is -0.489 e. The van der Waals surface area contributed by atoms with Gasteiger partial charge in [-0.15, -0.1) is 0 Å². The lowest BCUT2D eigenvalue weighted by molar-refractivity contribution is -0.107. The van der Waals surface area contributed by atoms with E-state index in [1.165, 1.54) is 0 Å². The van der Waals surface area contributed by atoms with Gasteiger partial charge in [-0.1, -0.05) is 64.2 Å². The van der Waals surface area contributed by atoms with Gasteiger partial charge in [0.2, 0.25) is 0 Å². The number of aliphatic hydroxyl groups is 1. The summed E-state index contributed by atoms with van der Waals surface area (Å²) in [6.07, 6.45) is 3.74. The third kappa shape index (κ3) is 6.50. The van der Waals surface area contributed by atoms with Gasteiger partial charge in [-0.25, -0.2) is 0 Å². The highest BCUT2D eigenvalue weighted by Gasteiger charge is 2.40. The van der Waals surface area contributed by atoms with Crippen LogP contribution in [0.5, 0.6) is 5.75 Å². The number of benzene rings is 3. The molecule has 2 N–H and O–H groups in total. The van der Waals surface area contributed by atoms with Crippen molar-refractivity contribution in [3.8, 4) is 17.0 Å². The Kier molecular flexibility index (Phi) is 9.53. The molecule has 0 aliphatic heterocycles. The summed E-state index contributed by atoms with van der Waals surface area (Å²) in [5.41, 5.74) is 4.84. The molecule has 2 aliphatic carbocycles. The number of aldehydes is 1. The zero-order chi connectivity index (χ0) is 29.8. The third-order valence-electron chi connectivity index (χ3n) is 7.46. The van der Waals surface area contributed by atoms with Crippen molar-refractivity contribution < 1.29 is 24.0 Å². The van der Waals surface area contributed by atoms with E-state index in [1.54, 1.807) is 30.3 Å². The second-order valence-electron chi connectivity index (χ2n) is 10.2. The SMILES string of the molecule is CO.O=CCNC(=O)c1ccc(C2CC2c2ccc(OCc3c(-c4c(Cl)cccc4Cl)noc3C3CC3)cc2Cl)cc1. The topological polar surface area (TPSA) is 102 Å². The van der Waals surface area contributed by atoms with Crippen LogP contribution >= 0.6 is 34.8 Å². The van der Waals surface area contributed by atoms with Crippen LogP contribution in [0.3, 0.4) is 0 Å². The summed E-state index contributed by atoms with van der Waals surface area (Å²) in [4.78, 5) is 22.5. The monoisotopic (exact) mass is 626 g/mol.